The molecular formula is C13H19ClN4O2. The lowest BCUT2D eigenvalue weighted by Crippen LogP contribution is -2.17. The summed E-state index contributed by atoms with van der Waals surface area (Å²) in [5, 5.41) is 4.13. The molecule has 0 aliphatic rings. The minimum absolute atomic E-state index is 0.0966. The topological polar surface area (TPSA) is 61.9 Å². The average Bonchev–Trinajstić information content (AvgIpc) is 2.89. The highest BCUT2D eigenvalue weighted by Gasteiger charge is 2.22. The van der Waals surface area contributed by atoms with E-state index in [0.717, 1.165) is 23.3 Å². The molecule has 1 unspecified atom stereocenters. The van der Waals surface area contributed by atoms with Gasteiger partial charge in [-0.2, -0.15) is 5.10 Å². The number of halogens is 1. The number of aryl methyl sites for hydroxylation is 2. The summed E-state index contributed by atoms with van der Waals surface area (Å²) in [4.78, 5) is 16.3. The molecule has 0 N–H and O–H groups in total. The number of carbonyl (C=O) groups is 1. The van der Waals surface area contributed by atoms with Gasteiger partial charge in [0.15, 0.2) is 5.65 Å². The fourth-order valence-corrected chi connectivity index (χ4v) is 2.46. The molecule has 110 valence electrons. The fourth-order valence-electron chi connectivity index (χ4n) is 2.29. The van der Waals surface area contributed by atoms with Crippen LogP contribution in [-0.2, 0) is 29.5 Å². The number of hydrogen-bond acceptors (Lipinski definition) is 4. The lowest BCUT2D eigenvalue weighted by Gasteiger charge is -2.10. The Kier molecular flexibility index (Phi) is 4.32. The van der Waals surface area contributed by atoms with Crippen LogP contribution >= 0.6 is 11.6 Å². The molecule has 1 atom stereocenters. The first-order valence-electron chi connectivity index (χ1n) is 6.71. The van der Waals surface area contributed by atoms with Gasteiger partial charge in [-0.15, -0.1) is 11.6 Å². The van der Waals surface area contributed by atoms with E-state index in [0.29, 0.717) is 12.4 Å². The summed E-state index contributed by atoms with van der Waals surface area (Å²) >= 11 is 6.18. The van der Waals surface area contributed by atoms with E-state index in [2.05, 4.69) is 10.1 Å². The smallest absolute Gasteiger partial charge is 0.326 e. The SMILES string of the molecule is CCOC(=O)Cn1c(C(C)Cl)nc2c(CC)nn(C)c21. The van der Waals surface area contributed by atoms with Crippen LogP contribution in [0.25, 0.3) is 11.2 Å². The van der Waals surface area contributed by atoms with E-state index in [1.54, 1.807) is 16.2 Å². The maximum absolute atomic E-state index is 11.8. The third-order valence-electron chi connectivity index (χ3n) is 3.10. The largest absolute Gasteiger partial charge is 0.465 e. The van der Waals surface area contributed by atoms with Crippen molar-refractivity contribution in [3.63, 3.8) is 0 Å². The summed E-state index contributed by atoms with van der Waals surface area (Å²) in [6.07, 6.45) is 0.782. The molecule has 2 rings (SSSR count). The second-order valence-corrected chi connectivity index (χ2v) is 5.23. The molecule has 2 aromatic rings. The van der Waals surface area contributed by atoms with Gasteiger partial charge in [0.25, 0.3) is 0 Å². The van der Waals surface area contributed by atoms with Crippen molar-refractivity contribution in [3.05, 3.63) is 11.5 Å². The molecule has 0 spiro atoms. The van der Waals surface area contributed by atoms with Crippen molar-refractivity contribution in [2.45, 2.75) is 39.1 Å². The minimum Gasteiger partial charge on any atom is -0.465 e. The molecule has 2 heterocycles. The Labute approximate surface area is 122 Å². The molecule has 0 aliphatic heterocycles. The number of hydrogen-bond donors (Lipinski definition) is 0. The van der Waals surface area contributed by atoms with Crippen LogP contribution in [0.5, 0.6) is 0 Å². The van der Waals surface area contributed by atoms with Crippen LogP contribution in [-0.4, -0.2) is 31.9 Å². The summed E-state index contributed by atoms with van der Waals surface area (Å²) in [6.45, 7) is 6.10. The van der Waals surface area contributed by atoms with Crippen molar-refractivity contribution in [2.75, 3.05) is 6.61 Å². The molecule has 0 saturated carbocycles. The van der Waals surface area contributed by atoms with Crippen molar-refractivity contribution >= 4 is 28.7 Å². The van der Waals surface area contributed by atoms with Gasteiger partial charge in [0, 0.05) is 7.05 Å². The lowest BCUT2D eigenvalue weighted by atomic mass is 10.3. The maximum Gasteiger partial charge on any atom is 0.326 e. The molecule has 7 heteroatoms. The number of aromatic nitrogens is 4. The summed E-state index contributed by atoms with van der Waals surface area (Å²) in [6, 6.07) is 0. The molecule has 20 heavy (non-hydrogen) atoms. The zero-order valence-corrected chi connectivity index (χ0v) is 12.9. The van der Waals surface area contributed by atoms with E-state index in [9.17, 15) is 4.79 Å². The van der Waals surface area contributed by atoms with Crippen molar-refractivity contribution in [1.29, 1.82) is 0 Å². The predicted octanol–water partition coefficient (Wildman–Crippen LogP) is 2.20. The third-order valence-corrected chi connectivity index (χ3v) is 3.30. The molecular weight excluding hydrogens is 280 g/mol. The first-order chi connectivity index (χ1) is 9.49. The molecule has 0 saturated heterocycles. The first kappa shape index (κ1) is 14.8. The molecule has 0 aliphatic carbocycles. The number of imidazole rings is 1. The number of esters is 1. The van der Waals surface area contributed by atoms with Crippen LogP contribution < -0.4 is 0 Å². The summed E-state index contributed by atoms with van der Waals surface area (Å²) in [5.41, 5.74) is 2.52. The van der Waals surface area contributed by atoms with Gasteiger partial charge in [-0.05, 0) is 20.3 Å². The van der Waals surface area contributed by atoms with Gasteiger partial charge < -0.3 is 9.30 Å². The normalized spacial score (nSPS) is 12.8. The minimum atomic E-state index is -0.301. The van der Waals surface area contributed by atoms with Gasteiger partial charge >= 0.3 is 5.97 Å². The third kappa shape index (κ3) is 2.52. The Hall–Kier alpha value is -1.56. The maximum atomic E-state index is 11.8. The highest BCUT2D eigenvalue weighted by atomic mass is 35.5. The first-order valence-corrected chi connectivity index (χ1v) is 7.14. The number of carbonyl (C=O) groups excluding carboxylic acids is 1. The summed E-state index contributed by atoms with van der Waals surface area (Å²) in [7, 11) is 1.84. The Morgan fingerprint density at radius 2 is 2.15 bits per heavy atom. The van der Waals surface area contributed by atoms with E-state index < -0.39 is 0 Å². The Morgan fingerprint density at radius 3 is 2.70 bits per heavy atom. The fraction of sp³-hybridized carbons (Fsp3) is 0.615. The zero-order valence-electron chi connectivity index (χ0n) is 12.2. The number of nitrogens with zero attached hydrogens (tertiary/aromatic N) is 4. The molecule has 0 amide bonds. The highest BCUT2D eigenvalue weighted by Crippen LogP contribution is 2.26. The van der Waals surface area contributed by atoms with Crippen molar-refractivity contribution < 1.29 is 9.53 Å². The standard InChI is InChI=1S/C13H19ClN4O2/c1-5-9-11-13(17(4)16-9)18(7-10(19)20-6-2)12(15-11)8(3)14/h8H,5-7H2,1-4H3. The summed E-state index contributed by atoms with van der Waals surface area (Å²) in [5.74, 6) is 0.363. The van der Waals surface area contributed by atoms with Crippen molar-refractivity contribution in [3.8, 4) is 0 Å². The van der Waals surface area contributed by atoms with Crippen LogP contribution in [0, 0.1) is 0 Å². The van der Waals surface area contributed by atoms with E-state index in [-0.39, 0.29) is 17.9 Å². The molecule has 0 radical (unpaired) electrons. The quantitative estimate of drug-likeness (QED) is 0.627. The van der Waals surface area contributed by atoms with Crippen LogP contribution in [0.15, 0.2) is 0 Å². The van der Waals surface area contributed by atoms with Crippen LogP contribution in [0.2, 0.25) is 0 Å². The van der Waals surface area contributed by atoms with Gasteiger partial charge in [0.05, 0.1) is 17.7 Å². The number of fused-ring (bicyclic) bond motifs is 1. The van der Waals surface area contributed by atoms with Gasteiger partial charge in [-0.1, -0.05) is 6.92 Å². The summed E-state index contributed by atoms with van der Waals surface area (Å²) < 4.78 is 8.54. The van der Waals surface area contributed by atoms with E-state index >= 15 is 0 Å². The molecule has 2 aromatic heterocycles. The Morgan fingerprint density at radius 1 is 1.45 bits per heavy atom. The second kappa shape index (κ2) is 5.83. The van der Waals surface area contributed by atoms with Crippen LogP contribution in [0.4, 0.5) is 0 Å². The van der Waals surface area contributed by atoms with Crippen LogP contribution in [0.3, 0.4) is 0 Å². The van der Waals surface area contributed by atoms with E-state index in [4.69, 9.17) is 16.3 Å². The van der Waals surface area contributed by atoms with E-state index in [1.807, 2.05) is 20.9 Å². The highest BCUT2D eigenvalue weighted by molar-refractivity contribution is 6.20. The van der Waals surface area contributed by atoms with Gasteiger partial charge in [0.2, 0.25) is 0 Å². The molecule has 6 nitrogen and oxygen atoms in total. The van der Waals surface area contributed by atoms with Crippen LogP contribution in [0.1, 0.15) is 37.7 Å². The van der Waals surface area contributed by atoms with Crippen molar-refractivity contribution in [2.24, 2.45) is 7.05 Å². The second-order valence-electron chi connectivity index (χ2n) is 4.57. The number of rotatable bonds is 5. The molecule has 0 fully saturated rings. The molecule has 0 bridgehead atoms. The Bertz CT molecular complexity index is 630. The molecule has 0 aromatic carbocycles. The average molecular weight is 299 g/mol. The number of alkyl halides is 1. The van der Waals surface area contributed by atoms with E-state index in [1.165, 1.54) is 0 Å². The van der Waals surface area contributed by atoms with Gasteiger partial charge in [-0.25, -0.2) is 4.98 Å². The van der Waals surface area contributed by atoms with Gasteiger partial charge in [0.1, 0.15) is 17.9 Å². The lowest BCUT2D eigenvalue weighted by molar-refractivity contribution is -0.143. The van der Waals surface area contributed by atoms with Crippen molar-refractivity contribution in [1.82, 2.24) is 19.3 Å². The number of ether oxygens (including phenoxy) is 1. The van der Waals surface area contributed by atoms with Gasteiger partial charge in [-0.3, -0.25) is 9.48 Å². The predicted molar refractivity (Wildman–Crippen MR) is 76.8 cm³/mol. The zero-order chi connectivity index (χ0) is 14.9. The Balaban J connectivity index is 2.56. The monoisotopic (exact) mass is 298 g/mol.